The van der Waals surface area contributed by atoms with Crippen molar-refractivity contribution in [2.24, 2.45) is 0 Å². The van der Waals surface area contributed by atoms with E-state index in [1.54, 1.807) is 6.26 Å². The van der Waals surface area contributed by atoms with Crippen LogP contribution in [-0.2, 0) is 4.74 Å². The first kappa shape index (κ1) is 10.7. The van der Waals surface area contributed by atoms with E-state index in [4.69, 9.17) is 9.15 Å². The van der Waals surface area contributed by atoms with E-state index < -0.39 is 0 Å². The van der Waals surface area contributed by atoms with Crippen LogP contribution in [0.4, 0.5) is 0 Å². The van der Waals surface area contributed by atoms with Gasteiger partial charge in [-0.25, -0.2) is 0 Å². The predicted molar refractivity (Wildman–Crippen MR) is 58.7 cm³/mol. The van der Waals surface area contributed by atoms with Gasteiger partial charge in [-0.05, 0) is 44.9 Å². The van der Waals surface area contributed by atoms with Crippen molar-refractivity contribution in [2.75, 3.05) is 13.7 Å². The fourth-order valence-corrected chi connectivity index (χ4v) is 2.12. The van der Waals surface area contributed by atoms with E-state index >= 15 is 0 Å². The van der Waals surface area contributed by atoms with Crippen molar-refractivity contribution in [3.05, 3.63) is 24.2 Å². The standard InChI is InChI=1S/C12H19NO2/c1-13-11(12-6-4-8-15-12)9-10-5-2-3-7-14-10/h4,6,8,10-11,13H,2-3,5,7,9H2,1H3. The molecule has 0 amide bonds. The molecule has 1 aliphatic rings. The Morgan fingerprint density at radius 2 is 2.47 bits per heavy atom. The number of rotatable bonds is 4. The number of hydrogen-bond acceptors (Lipinski definition) is 3. The summed E-state index contributed by atoms with van der Waals surface area (Å²) in [4.78, 5) is 0. The minimum absolute atomic E-state index is 0.281. The van der Waals surface area contributed by atoms with Crippen LogP contribution < -0.4 is 5.32 Å². The number of hydrogen-bond donors (Lipinski definition) is 1. The normalized spacial score (nSPS) is 23.9. The van der Waals surface area contributed by atoms with Gasteiger partial charge in [0, 0.05) is 6.61 Å². The first-order valence-electron chi connectivity index (χ1n) is 5.72. The molecule has 2 rings (SSSR count). The maximum absolute atomic E-state index is 5.73. The number of nitrogens with one attached hydrogen (secondary N) is 1. The van der Waals surface area contributed by atoms with Crippen LogP contribution >= 0.6 is 0 Å². The molecule has 2 unspecified atom stereocenters. The molecule has 84 valence electrons. The quantitative estimate of drug-likeness (QED) is 0.827. The van der Waals surface area contributed by atoms with Crippen molar-refractivity contribution < 1.29 is 9.15 Å². The van der Waals surface area contributed by atoms with Gasteiger partial charge < -0.3 is 14.5 Å². The third-order valence-corrected chi connectivity index (χ3v) is 3.01. The van der Waals surface area contributed by atoms with Gasteiger partial charge >= 0.3 is 0 Å². The van der Waals surface area contributed by atoms with E-state index in [1.165, 1.54) is 19.3 Å². The minimum Gasteiger partial charge on any atom is -0.468 e. The summed E-state index contributed by atoms with van der Waals surface area (Å²) in [5.41, 5.74) is 0. The Morgan fingerprint density at radius 1 is 1.53 bits per heavy atom. The van der Waals surface area contributed by atoms with Crippen LogP contribution in [0.15, 0.2) is 22.8 Å². The molecule has 1 aromatic heterocycles. The predicted octanol–water partition coefficient (Wildman–Crippen LogP) is 2.50. The van der Waals surface area contributed by atoms with Crippen molar-refractivity contribution in [3.8, 4) is 0 Å². The van der Waals surface area contributed by atoms with E-state index in [0.29, 0.717) is 6.10 Å². The lowest BCUT2D eigenvalue weighted by atomic mass is 10.0. The maximum atomic E-state index is 5.73. The Hall–Kier alpha value is -0.800. The summed E-state index contributed by atoms with van der Waals surface area (Å²) in [7, 11) is 1.97. The molecular formula is C12H19NO2. The summed E-state index contributed by atoms with van der Waals surface area (Å²) >= 11 is 0. The largest absolute Gasteiger partial charge is 0.468 e. The molecule has 15 heavy (non-hydrogen) atoms. The summed E-state index contributed by atoms with van der Waals surface area (Å²) in [5.74, 6) is 1.01. The molecular weight excluding hydrogens is 190 g/mol. The molecule has 1 aliphatic heterocycles. The topological polar surface area (TPSA) is 34.4 Å². The molecule has 0 aromatic carbocycles. The molecule has 0 bridgehead atoms. The van der Waals surface area contributed by atoms with Crippen LogP contribution in [-0.4, -0.2) is 19.8 Å². The van der Waals surface area contributed by atoms with Crippen molar-refractivity contribution in [3.63, 3.8) is 0 Å². The summed E-state index contributed by atoms with van der Waals surface area (Å²) < 4.78 is 11.1. The summed E-state index contributed by atoms with van der Waals surface area (Å²) in [6.07, 6.45) is 6.80. The zero-order valence-corrected chi connectivity index (χ0v) is 9.24. The number of ether oxygens (including phenoxy) is 1. The Morgan fingerprint density at radius 3 is 3.07 bits per heavy atom. The molecule has 0 spiro atoms. The maximum Gasteiger partial charge on any atom is 0.120 e. The Balaban J connectivity index is 1.90. The summed E-state index contributed by atoms with van der Waals surface area (Å²) in [6.45, 7) is 0.916. The molecule has 0 aliphatic carbocycles. The number of furan rings is 1. The van der Waals surface area contributed by atoms with Crippen molar-refractivity contribution in [2.45, 2.75) is 37.8 Å². The van der Waals surface area contributed by atoms with Gasteiger partial charge in [-0.2, -0.15) is 0 Å². The molecule has 2 heterocycles. The van der Waals surface area contributed by atoms with Crippen LogP contribution in [0.3, 0.4) is 0 Å². The van der Waals surface area contributed by atoms with Crippen molar-refractivity contribution >= 4 is 0 Å². The lowest BCUT2D eigenvalue weighted by Gasteiger charge is -2.25. The van der Waals surface area contributed by atoms with Crippen LogP contribution in [0.1, 0.15) is 37.5 Å². The zero-order chi connectivity index (χ0) is 10.5. The molecule has 0 radical (unpaired) electrons. The van der Waals surface area contributed by atoms with E-state index in [0.717, 1.165) is 18.8 Å². The zero-order valence-electron chi connectivity index (χ0n) is 9.24. The molecule has 1 fully saturated rings. The third-order valence-electron chi connectivity index (χ3n) is 3.01. The fourth-order valence-electron chi connectivity index (χ4n) is 2.12. The van der Waals surface area contributed by atoms with Gasteiger partial charge in [-0.1, -0.05) is 0 Å². The minimum atomic E-state index is 0.281. The average molecular weight is 209 g/mol. The monoisotopic (exact) mass is 209 g/mol. The summed E-state index contributed by atoms with van der Waals surface area (Å²) in [6, 6.07) is 4.23. The van der Waals surface area contributed by atoms with Gasteiger partial charge in [0.05, 0.1) is 18.4 Å². The van der Waals surface area contributed by atoms with E-state index in [1.807, 2.05) is 19.2 Å². The van der Waals surface area contributed by atoms with E-state index in [9.17, 15) is 0 Å². The van der Waals surface area contributed by atoms with Crippen LogP contribution in [0, 0.1) is 0 Å². The highest BCUT2D eigenvalue weighted by Gasteiger charge is 2.21. The Kier molecular flexibility index (Phi) is 3.80. The van der Waals surface area contributed by atoms with Crippen molar-refractivity contribution in [1.82, 2.24) is 5.32 Å². The van der Waals surface area contributed by atoms with E-state index in [-0.39, 0.29) is 6.04 Å². The van der Waals surface area contributed by atoms with E-state index in [2.05, 4.69) is 5.32 Å². The van der Waals surface area contributed by atoms with Gasteiger partial charge in [0.25, 0.3) is 0 Å². The van der Waals surface area contributed by atoms with Gasteiger partial charge in [-0.15, -0.1) is 0 Å². The first-order chi connectivity index (χ1) is 7.40. The molecule has 3 heteroatoms. The molecule has 2 atom stereocenters. The SMILES string of the molecule is CNC(CC1CCCCO1)c1ccco1. The third kappa shape index (κ3) is 2.83. The second-order valence-corrected chi connectivity index (χ2v) is 4.08. The van der Waals surface area contributed by atoms with Gasteiger partial charge in [0.2, 0.25) is 0 Å². The van der Waals surface area contributed by atoms with Gasteiger partial charge in [0.1, 0.15) is 5.76 Å². The molecule has 3 nitrogen and oxygen atoms in total. The molecule has 1 N–H and O–H groups in total. The highest BCUT2D eigenvalue weighted by atomic mass is 16.5. The second-order valence-electron chi connectivity index (χ2n) is 4.08. The summed E-state index contributed by atoms with van der Waals surface area (Å²) in [5, 5.41) is 3.28. The van der Waals surface area contributed by atoms with Gasteiger partial charge in [-0.3, -0.25) is 0 Å². The van der Waals surface area contributed by atoms with Gasteiger partial charge in [0.15, 0.2) is 0 Å². The molecule has 1 saturated heterocycles. The lowest BCUT2D eigenvalue weighted by Crippen LogP contribution is -2.26. The average Bonchev–Trinajstić information content (AvgIpc) is 2.81. The fraction of sp³-hybridized carbons (Fsp3) is 0.667. The highest BCUT2D eigenvalue weighted by Crippen LogP contribution is 2.24. The van der Waals surface area contributed by atoms with Crippen LogP contribution in [0.5, 0.6) is 0 Å². The second kappa shape index (κ2) is 5.33. The smallest absolute Gasteiger partial charge is 0.120 e. The molecule has 0 saturated carbocycles. The highest BCUT2D eigenvalue weighted by molar-refractivity contribution is 5.04. The Labute approximate surface area is 90.8 Å². The van der Waals surface area contributed by atoms with Crippen LogP contribution in [0.25, 0.3) is 0 Å². The Bertz CT molecular complexity index is 265. The first-order valence-corrected chi connectivity index (χ1v) is 5.72. The van der Waals surface area contributed by atoms with Crippen LogP contribution in [0.2, 0.25) is 0 Å². The molecule has 1 aromatic rings. The lowest BCUT2D eigenvalue weighted by molar-refractivity contribution is 0.00421. The van der Waals surface area contributed by atoms with Crippen molar-refractivity contribution in [1.29, 1.82) is 0 Å².